The molecule has 0 saturated carbocycles. The quantitative estimate of drug-likeness (QED) is 0.730. The third-order valence-electron chi connectivity index (χ3n) is 3.51. The summed E-state index contributed by atoms with van der Waals surface area (Å²) in [4.78, 5) is 24.3. The van der Waals surface area contributed by atoms with Crippen LogP contribution in [0.3, 0.4) is 0 Å². The molecule has 6 heteroatoms. The normalized spacial score (nSPS) is 26.5. The molecule has 18 heavy (non-hydrogen) atoms. The van der Waals surface area contributed by atoms with Crippen molar-refractivity contribution in [3.05, 3.63) is 0 Å². The summed E-state index contributed by atoms with van der Waals surface area (Å²) in [5.74, 6) is -0.860. The van der Waals surface area contributed by atoms with E-state index >= 15 is 0 Å². The van der Waals surface area contributed by atoms with Crippen molar-refractivity contribution in [3.8, 4) is 0 Å². The molecule has 2 rings (SSSR count). The second-order valence-corrected chi connectivity index (χ2v) is 5.33. The van der Waals surface area contributed by atoms with Gasteiger partial charge in [-0.05, 0) is 26.3 Å². The van der Waals surface area contributed by atoms with Gasteiger partial charge in [0.05, 0.1) is 19.1 Å². The minimum absolute atomic E-state index is 0.0669. The molecule has 1 amide bonds. The van der Waals surface area contributed by atoms with Gasteiger partial charge in [0, 0.05) is 0 Å². The average molecular weight is 256 g/mol. The second-order valence-electron chi connectivity index (χ2n) is 5.33. The maximum atomic E-state index is 12.1. The lowest BCUT2D eigenvalue weighted by atomic mass is 9.93. The van der Waals surface area contributed by atoms with Crippen molar-refractivity contribution in [2.75, 3.05) is 26.2 Å². The summed E-state index contributed by atoms with van der Waals surface area (Å²) < 4.78 is 5.28. The fourth-order valence-electron chi connectivity index (χ4n) is 2.53. The van der Waals surface area contributed by atoms with Crippen molar-refractivity contribution in [2.24, 2.45) is 0 Å². The SMILES string of the molecule is CC1(OCC(=O)O)CN(C(=O)[C@H]2CCCCN2)C1. The van der Waals surface area contributed by atoms with Crippen LogP contribution >= 0.6 is 0 Å². The van der Waals surface area contributed by atoms with Gasteiger partial charge >= 0.3 is 5.97 Å². The molecule has 6 nitrogen and oxygen atoms in total. The summed E-state index contributed by atoms with van der Waals surface area (Å²) in [5.41, 5.74) is -0.497. The summed E-state index contributed by atoms with van der Waals surface area (Å²) in [6.45, 7) is 3.40. The van der Waals surface area contributed by atoms with Gasteiger partial charge in [0.25, 0.3) is 0 Å². The van der Waals surface area contributed by atoms with Gasteiger partial charge in [-0.15, -0.1) is 0 Å². The van der Waals surface area contributed by atoms with E-state index in [1.54, 1.807) is 4.90 Å². The van der Waals surface area contributed by atoms with Crippen molar-refractivity contribution >= 4 is 11.9 Å². The zero-order chi connectivity index (χ0) is 13.2. The smallest absolute Gasteiger partial charge is 0.329 e. The molecule has 0 aromatic carbocycles. The summed E-state index contributed by atoms with van der Waals surface area (Å²) in [6.07, 6.45) is 3.11. The molecule has 2 N–H and O–H groups in total. The number of hydrogen-bond acceptors (Lipinski definition) is 4. The highest BCUT2D eigenvalue weighted by Gasteiger charge is 2.44. The lowest BCUT2D eigenvalue weighted by Crippen LogP contribution is -2.66. The number of rotatable bonds is 4. The van der Waals surface area contributed by atoms with Crippen LogP contribution < -0.4 is 5.32 Å². The molecule has 0 radical (unpaired) electrons. The number of likely N-dealkylation sites (tertiary alicyclic amines) is 1. The third-order valence-corrected chi connectivity index (χ3v) is 3.51. The van der Waals surface area contributed by atoms with Gasteiger partial charge in [0.2, 0.25) is 5.91 Å². The third kappa shape index (κ3) is 3.00. The number of carbonyl (C=O) groups is 2. The zero-order valence-corrected chi connectivity index (χ0v) is 10.6. The van der Waals surface area contributed by atoms with E-state index < -0.39 is 11.6 Å². The fraction of sp³-hybridized carbons (Fsp3) is 0.833. The van der Waals surface area contributed by atoms with Crippen LogP contribution in [-0.2, 0) is 14.3 Å². The predicted molar refractivity (Wildman–Crippen MR) is 64.2 cm³/mol. The topological polar surface area (TPSA) is 78.9 Å². The first kappa shape index (κ1) is 13.3. The number of carboxylic acids is 1. The lowest BCUT2D eigenvalue weighted by molar-refractivity contribution is -0.174. The lowest BCUT2D eigenvalue weighted by Gasteiger charge is -2.48. The van der Waals surface area contributed by atoms with Gasteiger partial charge in [-0.1, -0.05) is 6.42 Å². The molecule has 2 fully saturated rings. The Morgan fingerprint density at radius 3 is 2.72 bits per heavy atom. The van der Waals surface area contributed by atoms with Crippen molar-refractivity contribution in [1.29, 1.82) is 0 Å². The molecule has 2 aliphatic rings. The Labute approximate surface area is 106 Å². The van der Waals surface area contributed by atoms with Gasteiger partial charge < -0.3 is 20.1 Å². The summed E-state index contributed by atoms with van der Waals surface area (Å²) >= 11 is 0. The number of piperidine rings is 1. The van der Waals surface area contributed by atoms with Gasteiger partial charge in [-0.3, -0.25) is 4.79 Å². The number of hydrogen-bond donors (Lipinski definition) is 2. The summed E-state index contributed by atoms with van der Waals surface area (Å²) in [5, 5.41) is 11.8. The van der Waals surface area contributed by atoms with E-state index in [1.165, 1.54) is 0 Å². The zero-order valence-electron chi connectivity index (χ0n) is 10.6. The molecule has 0 unspecified atom stereocenters. The first-order valence-electron chi connectivity index (χ1n) is 6.38. The van der Waals surface area contributed by atoms with E-state index in [0.717, 1.165) is 25.8 Å². The van der Waals surface area contributed by atoms with E-state index in [-0.39, 0.29) is 18.6 Å². The number of ether oxygens (including phenoxy) is 1. The van der Waals surface area contributed by atoms with Crippen LogP contribution in [0.1, 0.15) is 26.2 Å². The van der Waals surface area contributed by atoms with Crippen molar-refractivity contribution < 1.29 is 19.4 Å². The largest absolute Gasteiger partial charge is 0.480 e. The number of amides is 1. The number of nitrogens with one attached hydrogen (secondary N) is 1. The van der Waals surface area contributed by atoms with Crippen LogP contribution in [0, 0.1) is 0 Å². The summed E-state index contributed by atoms with van der Waals surface area (Å²) in [7, 11) is 0. The number of nitrogens with zero attached hydrogens (tertiary/aromatic N) is 1. The van der Waals surface area contributed by atoms with Gasteiger partial charge in [0.1, 0.15) is 12.2 Å². The summed E-state index contributed by atoms with van der Waals surface area (Å²) in [6, 6.07) is -0.0669. The molecule has 0 aromatic rings. The van der Waals surface area contributed by atoms with Crippen molar-refractivity contribution in [1.82, 2.24) is 10.2 Å². The van der Waals surface area contributed by atoms with Crippen LogP contribution in [0.4, 0.5) is 0 Å². The number of carboxylic acid groups (broad SMARTS) is 1. The van der Waals surface area contributed by atoms with Crippen molar-refractivity contribution in [3.63, 3.8) is 0 Å². The van der Waals surface area contributed by atoms with Gasteiger partial charge in [0.15, 0.2) is 0 Å². The Balaban J connectivity index is 1.77. The van der Waals surface area contributed by atoms with Crippen LogP contribution in [0.2, 0.25) is 0 Å². The fourth-order valence-corrected chi connectivity index (χ4v) is 2.53. The molecule has 102 valence electrons. The maximum absolute atomic E-state index is 12.1. The van der Waals surface area contributed by atoms with Gasteiger partial charge in [-0.2, -0.15) is 0 Å². The first-order chi connectivity index (χ1) is 8.50. The molecule has 0 aliphatic carbocycles. The van der Waals surface area contributed by atoms with E-state index in [9.17, 15) is 9.59 Å². The monoisotopic (exact) mass is 256 g/mol. The number of aliphatic carboxylic acids is 1. The molecule has 2 heterocycles. The minimum atomic E-state index is -0.977. The van der Waals surface area contributed by atoms with Gasteiger partial charge in [-0.25, -0.2) is 4.79 Å². The maximum Gasteiger partial charge on any atom is 0.329 e. The Hall–Kier alpha value is -1.14. The standard InChI is InChI=1S/C12H20N2O4/c1-12(18-6-10(15)16)7-14(8-12)11(17)9-4-2-3-5-13-9/h9,13H,2-8H2,1H3,(H,15,16)/t9-/m1/s1. The molecule has 1 atom stereocenters. The van der Waals surface area contributed by atoms with Crippen molar-refractivity contribution in [2.45, 2.75) is 37.8 Å². The predicted octanol–water partition coefficient (Wildman–Crippen LogP) is -0.169. The van der Waals surface area contributed by atoms with E-state index in [4.69, 9.17) is 9.84 Å². The molecular formula is C12H20N2O4. The Bertz CT molecular complexity index is 333. The van der Waals surface area contributed by atoms with E-state index in [1.807, 2.05) is 6.92 Å². The number of carbonyl (C=O) groups excluding carboxylic acids is 1. The molecular weight excluding hydrogens is 236 g/mol. The first-order valence-corrected chi connectivity index (χ1v) is 6.38. The Morgan fingerprint density at radius 2 is 2.17 bits per heavy atom. The van der Waals surface area contributed by atoms with Crippen LogP contribution in [-0.4, -0.2) is 59.8 Å². The second kappa shape index (κ2) is 5.24. The molecule has 0 spiro atoms. The average Bonchev–Trinajstić information content (AvgIpc) is 2.33. The molecule has 2 aliphatic heterocycles. The Morgan fingerprint density at radius 1 is 1.44 bits per heavy atom. The van der Waals surface area contributed by atoms with E-state index in [2.05, 4.69) is 5.32 Å². The molecule has 0 bridgehead atoms. The highest BCUT2D eigenvalue weighted by Crippen LogP contribution is 2.26. The Kier molecular flexibility index (Phi) is 3.87. The molecule has 2 saturated heterocycles. The highest BCUT2D eigenvalue weighted by molar-refractivity contribution is 5.83. The van der Waals surface area contributed by atoms with Crippen LogP contribution in [0.25, 0.3) is 0 Å². The molecule has 0 aromatic heterocycles. The van der Waals surface area contributed by atoms with E-state index in [0.29, 0.717) is 13.1 Å². The van der Waals surface area contributed by atoms with Crippen LogP contribution in [0.5, 0.6) is 0 Å². The van der Waals surface area contributed by atoms with Crippen LogP contribution in [0.15, 0.2) is 0 Å². The minimum Gasteiger partial charge on any atom is -0.480 e. The highest BCUT2D eigenvalue weighted by atomic mass is 16.5.